The molecule has 0 amide bonds. The Kier molecular flexibility index (Phi) is 5.15. The van der Waals surface area contributed by atoms with Gasteiger partial charge in [-0.1, -0.05) is 6.07 Å². The van der Waals surface area contributed by atoms with Crippen molar-refractivity contribution in [3.8, 4) is 5.75 Å². The van der Waals surface area contributed by atoms with Gasteiger partial charge in [-0.2, -0.15) is 18.1 Å². The van der Waals surface area contributed by atoms with E-state index in [1.807, 2.05) is 6.92 Å². The van der Waals surface area contributed by atoms with Crippen molar-refractivity contribution in [3.63, 3.8) is 0 Å². The third-order valence-electron chi connectivity index (χ3n) is 5.26. The summed E-state index contributed by atoms with van der Waals surface area (Å²) in [6.07, 6.45) is -3.86. The largest absolute Gasteiger partial charge is 0.481 e. The Morgan fingerprint density at radius 3 is 2.50 bits per heavy atom. The molecule has 2 aliphatic rings. The second-order valence-electron chi connectivity index (χ2n) is 7.41. The average molecular weight is 420 g/mol. The summed E-state index contributed by atoms with van der Waals surface area (Å²) < 4.78 is 39.1. The smallest absolute Gasteiger partial charge is 0.416 e. The quantitative estimate of drug-likeness (QED) is 0.536. The van der Waals surface area contributed by atoms with E-state index < -0.39 is 17.7 Å². The molecule has 2 aromatic carbocycles. The van der Waals surface area contributed by atoms with E-state index in [1.54, 1.807) is 24.3 Å². The standard InChI is InChI=1S/C21H19F3N2O4/c1-11-17-7-4-14(21(22,23)24)10-18(17)26-19(25-11)12-2-5-15(6-3-12)29-30-16-8-13(9-16)20(27)28/h2-7,10-11,13,16H,8-9H2,1H3,(H,25,26)(H,27,28). The second-order valence-corrected chi connectivity index (χ2v) is 7.41. The van der Waals surface area contributed by atoms with Gasteiger partial charge in [-0.25, -0.2) is 0 Å². The molecule has 2 aromatic rings. The molecule has 9 heteroatoms. The maximum absolute atomic E-state index is 13.0. The fourth-order valence-electron chi connectivity index (χ4n) is 3.41. The van der Waals surface area contributed by atoms with Crippen LogP contribution in [-0.2, 0) is 15.9 Å². The van der Waals surface area contributed by atoms with Crippen LogP contribution >= 0.6 is 0 Å². The summed E-state index contributed by atoms with van der Waals surface area (Å²) >= 11 is 0. The number of aliphatic carboxylic acids is 1. The summed E-state index contributed by atoms with van der Waals surface area (Å²) in [6, 6.07) is 10.0. The van der Waals surface area contributed by atoms with Crippen molar-refractivity contribution in [2.45, 2.75) is 38.1 Å². The van der Waals surface area contributed by atoms with Crippen LogP contribution in [0.3, 0.4) is 0 Å². The Balaban J connectivity index is 1.42. The number of halogens is 3. The average Bonchev–Trinajstić information content (AvgIpc) is 2.65. The van der Waals surface area contributed by atoms with E-state index in [0.717, 1.165) is 12.1 Å². The van der Waals surface area contributed by atoms with E-state index in [2.05, 4.69) is 10.3 Å². The van der Waals surface area contributed by atoms with Gasteiger partial charge in [0.1, 0.15) is 11.9 Å². The van der Waals surface area contributed by atoms with Crippen LogP contribution in [0, 0.1) is 5.92 Å². The molecule has 1 heterocycles. The molecule has 0 radical (unpaired) electrons. The van der Waals surface area contributed by atoms with Crippen LogP contribution in [0.4, 0.5) is 18.9 Å². The molecule has 0 spiro atoms. The van der Waals surface area contributed by atoms with Gasteiger partial charge in [-0.15, -0.1) is 0 Å². The predicted octanol–water partition coefficient (Wildman–Crippen LogP) is 4.81. The van der Waals surface area contributed by atoms with Crippen LogP contribution in [0.5, 0.6) is 5.75 Å². The Hall–Kier alpha value is -3.07. The number of amidine groups is 1. The van der Waals surface area contributed by atoms with E-state index in [1.165, 1.54) is 6.07 Å². The number of fused-ring (bicyclic) bond motifs is 1. The molecule has 1 unspecified atom stereocenters. The lowest BCUT2D eigenvalue weighted by atomic mass is 9.83. The maximum Gasteiger partial charge on any atom is 0.416 e. The number of aliphatic imine (C=N–C) groups is 1. The number of benzene rings is 2. The summed E-state index contributed by atoms with van der Waals surface area (Å²) in [7, 11) is 0. The van der Waals surface area contributed by atoms with Gasteiger partial charge < -0.3 is 15.3 Å². The molecule has 1 aliphatic heterocycles. The number of carboxylic acids is 1. The van der Waals surface area contributed by atoms with E-state index in [9.17, 15) is 18.0 Å². The molecular formula is C21H19F3N2O4. The van der Waals surface area contributed by atoms with Crippen molar-refractivity contribution < 1.29 is 32.8 Å². The molecule has 0 saturated heterocycles. The number of carbonyl (C=O) groups is 1. The van der Waals surface area contributed by atoms with Gasteiger partial charge in [0, 0.05) is 11.3 Å². The number of hydrogen-bond donors (Lipinski definition) is 2. The SMILES string of the molecule is CC1N=C(c2ccc(OOC3CC(C(=O)O)C3)cc2)Nc2cc(C(F)(F)F)ccc21. The van der Waals surface area contributed by atoms with Crippen molar-refractivity contribution in [1.82, 2.24) is 0 Å². The summed E-state index contributed by atoms with van der Waals surface area (Å²) in [4.78, 5) is 25.8. The van der Waals surface area contributed by atoms with Gasteiger partial charge >= 0.3 is 12.1 Å². The Morgan fingerprint density at radius 2 is 1.87 bits per heavy atom. The highest BCUT2D eigenvalue weighted by Crippen LogP contribution is 2.37. The molecule has 1 fully saturated rings. The predicted molar refractivity (Wildman–Crippen MR) is 102 cm³/mol. The van der Waals surface area contributed by atoms with Crippen LogP contribution in [0.25, 0.3) is 0 Å². The lowest BCUT2D eigenvalue weighted by Gasteiger charge is -2.30. The first kappa shape index (κ1) is 20.2. The van der Waals surface area contributed by atoms with Crippen molar-refractivity contribution in [2.75, 3.05) is 5.32 Å². The highest BCUT2D eigenvalue weighted by atomic mass is 19.4. The van der Waals surface area contributed by atoms with Crippen molar-refractivity contribution >= 4 is 17.5 Å². The molecule has 1 saturated carbocycles. The molecular weight excluding hydrogens is 401 g/mol. The number of rotatable bonds is 5. The van der Waals surface area contributed by atoms with E-state index in [4.69, 9.17) is 14.9 Å². The maximum atomic E-state index is 13.0. The number of carboxylic acid groups (broad SMARTS) is 1. The van der Waals surface area contributed by atoms with E-state index >= 15 is 0 Å². The minimum absolute atomic E-state index is 0.254. The summed E-state index contributed by atoms with van der Waals surface area (Å²) in [5.41, 5.74) is 1.04. The zero-order chi connectivity index (χ0) is 21.5. The van der Waals surface area contributed by atoms with Gasteiger partial charge in [0.25, 0.3) is 0 Å². The number of nitrogens with zero attached hydrogens (tertiary/aromatic N) is 1. The van der Waals surface area contributed by atoms with Crippen LogP contribution in [-0.4, -0.2) is 23.0 Å². The highest BCUT2D eigenvalue weighted by molar-refractivity contribution is 6.09. The molecule has 4 rings (SSSR count). The first-order valence-corrected chi connectivity index (χ1v) is 9.43. The number of alkyl halides is 3. The number of hydrogen-bond acceptors (Lipinski definition) is 5. The fourth-order valence-corrected chi connectivity index (χ4v) is 3.41. The molecule has 0 aromatic heterocycles. The van der Waals surface area contributed by atoms with Gasteiger partial charge in [-0.05, 0) is 61.7 Å². The second kappa shape index (κ2) is 7.64. The zero-order valence-corrected chi connectivity index (χ0v) is 15.9. The minimum Gasteiger partial charge on any atom is -0.481 e. The van der Waals surface area contributed by atoms with E-state index in [0.29, 0.717) is 41.2 Å². The van der Waals surface area contributed by atoms with Crippen LogP contribution in [0.2, 0.25) is 0 Å². The topological polar surface area (TPSA) is 80.2 Å². The van der Waals surface area contributed by atoms with Crippen molar-refractivity contribution in [1.29, 1.82) is 0 Å². The Bertz CT molecular complexity index is 983. The molecule has 1 atom stereocenters. The third kappa shape index (κ3) is 4.11. The highest BCUT2D eigenvalue weighted by Gasteiger charge is 2.36. The first-order valence-electron chi connectivity index (χ1n) is 9.43. The van der Waals surface area contributed by atoms with Gasteiger partial charge in [0.2, 0.25) is 0 Å². The van der Waals surface area contributed by atoms with Crippen LogP contribution in [0.15, 0.2) is 47.5 Å². The molecule has 1 aliphatic carbocycles. The summed E-state index contributed by atoms with van der Waals surface area (Å²) in [6.45, 7) is 1.82. The number of nitrogens with one attached hydrogen (secondary N) is 1. The summed E-state index contributed by atoms with van der Waals surface area (Å²) in [5, 5.41) is 11.8. The molecule has 158 valence electrons. The molecule has 6 nitrogen and oxygen atoms in total. The lowest BCUT2D eigenvalue weighted by molar-refractivity contribution is -0.270. The number of anilines is 1. The van der Waals surface area contributed by atoms with Crippen LogP contribution < -0.4 is 10.2 Å². The molecule has 2 N–H and O–H groups in total. The Labute approximate surface area is 170 Å². The monoisotopic (exact) mass is 420 g/mol. The van der Waals surface area contributed by atoms with Crippen molar-refractivity contribution in [2.24, 2.45) is 10.9 Å². The van der Waals surface area contributed by atoms with E-state index in [-0.39, 0.29) is 18.1 Å². The minimum atomic E-state index is -4.42. The van der Waals surface area contributed by atoms with Crippen molar-refractivity contribution in [3.05, 3.63) is 59.2 Å². The van der Waals surface area contributed by atoms with Crippen LogP contribution in [0.1, 0.15) is 42.5 Å². The zero-order valence-electron chi connectivity index (χ0n) is 15.9. The normalized spacial score (nSPS) is 22.9. The Morgan fingerprint density at radius 1 is 1.17 bits per heavy atom. The lowest BCUT2D eigenvalue weighted by Crippen LogP contribution is -2.36. The van der Waals surface area contributed by atoms with Gasteiger partial charge in [0.15, 0.2) is 5.75 Å². The summed E-state index contributed by atoms with van der Waals surface area (Å²) in [5.74, 6) is -0.330. The molecule has 0 bridgehead atoms. The fraction of sp³-hybridized carbons (Fsp3) is 0.333. The van der Waals surface area contributed by atoms with Gasteiger partial charge in [0.05, 0.1) is 17.5 Å². The molecule has 30 heavy (non-hydrogen) atoms. The first-order chi connectivity index (χ1) is 14.2. The third-order valence-corrected chi connectivity index (χ3v) is 5.26. The van der Waals surface area contributed by atoms with Gasteiger partial charge in [-0.3, -0.25) is 9.79 Å².